The zero-order valence-corrected chi connectivity index (χ0v) is 21.8. The molecule has 1 aliphatic carbocycles. The minimum Gasteiger partial charge on any atom is -0.355 e. The first-order valence-corrected chi connectivity index (χ1v) is 11.7. The summed E-state index contributed by atoms with van der Waals surface area (Å²) in [7, 11) is 1.80. The number of carbonyl (C=O) groups is 1. The van der Waals surface area contributed by atoms with Crippen molar-refractivity contribution in [2.45, 2.75) is 32.4 Å². The van der Waals surface area contributed by atoms with Crippen molar-refractivity contribution in [3.63, 3.8) is 0 Å². The number of aliphatic imine (C=N–C) groups is 1. The highest BCUT2D eigenvalue weighted by molar-refractivity contribution is 14.0. The number of nitrogens with zero attached hydrogens (tertiary/aromatic N) is 5. The SMILES string of the molecule is CN=C(NCCN1CCN(C(=O)C2CCC2)CC1)NCc1ccccc1Cn1cccn1.I. The van der Waals surface area contributed by atoms with E-state index in [9.17, 15) is 4.79 Å². The zero-order valence-electron chi connectivity index (χ0n) is 19.4. The molecule has 2 aliphatic rings. The minimum absolute atomic E-state index is 0. The van der Waals surface area contributed by atoms with Gasteiger partial charge in [0.1, 0.15) is 0 Å². The fourth-order valence-electron chi connectivity index (χ4n) is 4.29. The highest BCUT2D eigenvalue weighted by Gasteiger charge is 2.30. The molecular weight excluding hydrogens is 529 g/mol. The summed E-state index contributed by atoms with van der Waals surface area (Å²) in [5, 5.41) is 11.2. The van der Waals surface area contributed by atoms with E-state index in [0.717, 1.165) is 64.6 Å². The fraction of sp³-hybridized carbons (Fsp3) is 0.542. The van der Waals surface area contributed by atoms with Crippen LogP contribution in [0.3, 0.4) is 0 Å². The van der Waals surface area contributed by atoms with Crippen LogP contribution >= 0.6 is 24.0 Å². The largest absolute Gasteiger partial charge is 0.355 e. The maximum absolute atomic E-state index is 12.4. The van der Waals surface area contributed by atoms with E-state index < -0.39 is 0 Å². The molecule has 0 unspecified atom stereocenters. The van der Waals surface area contributed by atoms with Gasteiger partial charge >= 0.3 is 0 Å². The number of rotatable bonds is 8. The second-order valence-corrected chi connectivity index (χ2v) is 8.62. The standard InChI is InChI=1S/C24H35N7O.HI/c1-25-24(27-18-21-6-2-3-7-22(21)19-31-12-5-10-28-31)26-11-13-29-14-16-30(17-15-29)23(32)20-8-4-9-20;/h2-3,5-7,10,12,20H,4,8-9,11,13-19H2,1H3,(H2,25,26,27);1H. The van der Waals surface area contributed by atoms with Gasteiger partial charge in [0.25, 0.3) is 0 Å². The van der Waals surface area contributed by atoms with Gasteiger partial charge in [0.2, 0.25) is 5.91 Å². The second-order valence-electron chi connectivity index (χ2n) is 8.62. The van der Waals surface area contributed by atoms with Gasteiger partial charge in [-0.15, -0.1) is 24.0 Å². The molecule has 1 aromatic heterocycles. The highest BCUT2D eigenvalue weighted by atomic mass is 127. The molecule has 0 bridgehead atoms. The van der Waals surface area contributed by atoms with Crippen molar-refractivity contribution in [2.24, 2.45) is 10.9 Å². The molecule has 1 saturated carbocycles. The Morgan fingerprint density at radius 2 is 1.85 bits per heavy atom. The molecule has 9 heteroatoms. The summed E-state index contributed by atoms with van der Waals surface area (Å²) in [6.45, 7) is 6.85. The lowest BCUT2D eigenvalue weighted by atomic mass is 9.84. The molecule has 4 rings (SSSR count). The van der Waals surface area contributed by atoms with Crippen molar-refractivity contribution in [1.29, 1.82) is 0 Å². The average Bonchev–Trinajstić information content (AvgIpc) is 3.29. The van der Waals surface area contributed by atoms with Gasteiger partial charge in [0, 0.05) is 71.2 Å². The summed E-state index contributed by atoms with van der Waals surface area (Å²) in [5.74, 6) is 1.49. The van der Waals surface area contributed by atoms with Crippen molar-refractivity contribution in [3.8, 4) is 0 Å². The number of halogens is 1. The van der Waals surface area contributed by atoms with Crippen molar-refractivity contribution in [1.82, 2.24) is 30.2 Å². The van der Waals surface area contributed by atoms with E-state index in [1.165, 1.54) is 17.5 Å². The average molecular weight is 566 g/mol. The van der Waals surface area contributed by atoms with Crippen LogP contribution in [0.2, 0.25) is 0 Å². The molecule has 1 saturated heterocycles. The number of piperazine rings is 1. The third kappa shape index (κ3) is 7.17. The van der Waals surface area contributed by atoms with Crippen molar-refractivity contribution >= 4 is 35.8 Å². The van der Waals surface area contributed by atoms with Gasteiger partial charge in [-0.2, -0.15) is 5.10 Å². The number of carbonyl (C=O) groups excluding carboxylic acids is 1. The quantitative estimate of drug-likeness (QED) is 0.292. The van der Waals surface area contributed by atoms with Gasteiger partial charge in [-0.25, -0.2) is 0 Å². The number of nitrogens with one attached hydrogen (secondary N) is 2. The van der Waals surface area contributed by atoms with Crippen LogP contribution < -0.4 is 10.6 Å². The second kappa shape index (κ2) is 12.9. The van der Waals surface area contributed by atoms with E-state index in [-0.39, 0.29) is 24.0 Å². The monoisotopic (exact) mass is 565 g/mol. The predicted octanol–water partition coefficient (Wildman–Crippen LogP) is 2.16. The Hall–Kier alpha value is -2.14. The Morgan fingerprint density at radius 1 is 1.09 bits per heavy atom. The number of hydrogen-bond donors (Lipinski definition) is 2. The minimum atomic E-state index is 0. The molecule has 1 aromatic carbocycles. The number of guanidine groups is 1. The lowest BCUT2D eigenvalue weighted by Gasteiger charge is -2.38. The molecule has 2 N–H and O–H groups in total. The molecule has 1 aliphatic heterocycles. The van der Waals surface area contributed by atoms with E-state index in [1.807, 2.05) is 16.9 Å². The maximum atomic E-state index is 12.4. The predicted molar refractivity (Wildman–Crippen MR) is 142 cm³/mol. The molecule has 2 aromatic rings. The summed E-state index contributed by atoms with van der Waals surface area (Å²) in [6, 6.07) is 10.4. The van der Waals surface area contributed by atoms with Gasteiger partial charge in [-0.3, -0.25) is 19.4 Å². The molecule has 1 amide bonds. The Labute approximate surface area is 213 Å². The summed E-state index contributed by atoms with van der Waals surface area (Å²) in [5.41, 5.74) is 2.48. The van der Waals surface area contributed by atoms with Gasteiger partial charge in [-0.1, -0.05) is 30.7 Å². The maximum Gasteiger partial charge on any atom is 0.225 e. The summed E-state index contributed by atoms with van der Waals surface area (Å²) in [6.07, 6.45) is 7.17. The number of aromatic nitrogens is 2. The van der Waals surface area contributed by atoms with E-state index in [2.05, 4.69) is 54.8 Å². The van der Waals surface area contributed by atoms with Crippen LogP contribution in [0.1, 0.15) is 30.4 Å². The Balaban J connectivity index is 0.00000306. The van der Waals surface area contributed by atoms with Gasteiger partial charge in [0.05, 0.1) is 6.54 Å². The number of hydrogen-bond acceptors (Lipinski definition) is 4. The lowest BCUT2D eigenvalue weighted by molar-refractivity contribution is -0.139. The van der Waals surface area contributed by atoms with Crippen molar-refractivity contribution < 1.29 is 4.79 Å². The summed E-state index contributed by atoms with van der Waals surface area (Å²) >= 11 is 0. The first kappa shape index (κ1) is 25.5. The van der Waals surface area contributed by atoms with Crippen LogP contribution in [0.25, 0.3) is 0 Å². The molecule has 0 radical (unpaired) electrons. The molecule has 8 nitrogen and oxygen atoms in total. The summed E-state index contributed by atoms with van der Waals surface area (Å²) in [4.78, 5) is 21.2. The molecule has 0 spiro atoms. The van der Waals surface area contributed by atoms with E-state index in [4.69, 9.17) is 0 Å². The zero-order chi connectivity index (χ0) is 22.2. The van der Waals surface area contributed by atoms with Crippen LogP contribution in [0.5, 0.6) is 0 Å². The van der Waals surface area contributed by atoms with Crippen molar-refractivity contribution in [3.05, 3.63) is 53.9 Å². The van der Waals surface area contributed by atoms with Crippen LogP contribution in [0.15, 0.2) is 47.7 Å². The Bertz CT molecular complexity index is 890. The number of amides is 1. The van der Waals surface area contributed by atoms with E-state index >= 15 is 0 Å². The first-order chi connectivity index (χ1) is 15.7. The molecular formula is C24H36IN7O. The van der Waals surface area contributed by atoms with Crippen molar-refractivity contribution in [2.75, 3.05) is 46.3 Å². The molecule has 33 heavy (non-hydrogen) atoms. The van der Waals surface area contributed by atoms with Crippen LogP contribution in [-0.2, 0) is 17.9 Å². The Morgan fingerprint density at radius 3 is 2.48 bits per heavy atom. The van der Waals surface area contributed by atoms with E-state index in [1.54, 1.807) is 13.2 Å². The normalized spacial score (nSPS) is 17.2. The smallest absolute Gasteiger partial charge is 0.225 e. The molecule has 2 fully saturated rings. The van der Waals surface area contributed by atoms with Gasteiger partial charge in [0.15, 0.2) is 5.96 Å². The Kier molecular flexibility index (Phi) is 9.98. The number of benzene rings is 1. The van der Waals surface area contributed by atoms with Crippen LogP contribution in [0.4, 0.5) is 0 Å². The molecule has 0 atom stereocenters. The topological polar surface area (TPSA) is 77.8 Å². The van der Waals surface area contributed by atoms with Crippen LogP contribution in [-0.4, -0.2) is 77.8 Å². The first-order valence-electron chi connectivity index (χ1n) is 11.7. The van der Waals surface area contributed by atoms with E-state index in [0.29, 0.717) is 18.4 Å². The third-order valence-corrected chi connectivity index (χ3v) is 6.54. The summed E-state index contributed by atoms with van der Waals surface area (Å²) < 4.78 is 1.94. The third-order valence-electron chi connectivity index (χ3n) is 6.54. The molecule has 180 valence electrons. The fourth-order valence-corrected chi connectivity index (χ4v) is 4.29. The van der Waals surface area contributed by atoms with Crippen LogP contribution in [0, 0.1) is 5.92 Å². The lowest BCUT2D eigenvalue weighted by Crippen LogP contribution is -2.52. The van der Waals surface area contributed by atoms with Gasteiger partial charge < -0.3 is 15.5 Å². The highest BCUT2D eigenvalue weighted by Crippen LogP contribution is 2.28. The molecule has 2 heterocycles. The van der Waals surface area contributed by atoms with Gasteiger partial charge in [-0.05, 0) is 30.0 Å².